The van der Waals surface area contributed by atoms with Crippen molar-refractivity contribution in [1.29, 1.82) is 0 Å². The molecule has 0 amide bonds. The number of benzene rings is 1. The van der Waals surface area contributed by atoms with Crippen LogP contribution in [-0.2, 0) is 14.1 Å². The molecule has 0 saturated carbocycles. The molecule has 0 aliphatic rings. The van der Waals surface area contributed by atoms with Gasteiger partial charge in [0.25, 0.3) is 0 Å². The van der Waals surface area contributed by atoms with Gasteiger partial charge in [0.2, 0.25) is 6.33 Å². The number of imidazole rings is 1. The van der Waals surface area contributed by atoms with E-state index in [4.69, 9.17) is 0 Å². The van der Waals surface area contributed by atoms with Crippen LogP contribution in [0, 0.1) is 6.33 Å². The number of nitrogens with zero attached hydrogens (tertiary/aromatic N) is 2. The van der Waals surface area contributed by atoms with E-state index in [2.05, 4.69) is 18.5 Å². The Kier molecular flexibility index (Phi) is 1.55. The van der Waals surface area contributed by atoms with Crippen LogP contribution in [0.5, 0.6) is 0 Å². The van der Waals surface area contributed by atoms with Crippen molar-refractivity contribution >= 4 is 11.0 Å². The van der Waals surface area contributed by atoms with E-state index in [1.165, 1.54) is 11.0 Å². The molecule has 58 valence electrons. The van der Waals surface area contributed by atoms with Crippen molar-refractivity contribution in [3.05, 3.63) is 30.6 Å². The maximum Gasteiger partial charge on any atom is 0.204 e. The van der Waals surface area contributed by atoms with Gasteiger partial charge in [0.05, 0.1) is 14.1 Å². The molecular weight excluding hydrogens is 403 g/mol. The predicted octanol–water partition coefficient (Wildman–Crippen LogP) is 0.803. The minimum Gasteiger partial charge on any atom is -0.347 e. The molecule has 12 heavy (non-hydrogen) atoms. The first-order valence-electron chi connectivity index (χ1n) is 3.62. The van der Waals surface area contributed by atoms with Crippen LogP contribution in [0.3, 0.4) is 0 Å². The third kappa shape index (κ3) is 0.804. The fourth-order valence-electron chi connectivity index (χ4n) is 1.36. The normalized spacial score (nSPS) is 9.83. The fourth-order valence-corrected chi connectivity index (χ4v) is 1.36. The Bertz CT molecular complexity index is 356. The quantitative estimate of drug-likeness (QED) is 0.447. The number of aryl methyl sites for hydroxylation is 2. The molecule has 3 heteroatoms. The molecule has 0 radical (unpaired) electrons. The van der Waals surface area contributed by atoms with Crippen molar-refractivity contribution in [2.75, 3.05) is 0 Å². The Balaban J connectivity index is 0.000000720. The maximum absolute atomic E-state index is 3.15. The molecule has 1 aromatic carbocycles. The summed E-state index contributed by atoms with van der Waals surface area (Å²) in [6, 6.07) is 8.25. The number of rotatable bonds is 0. The van der Waals surface area contributed by atoms with Crippen LogP contribution in [0.1, 0.15) is 0 Å². The average Bonchev–Trinajstić information content (AvgIpc) is 2.30. The van der Waals surface area contributed by atoms with Crippen LogP contribution in [0.15, 0.2) is 24.3 Å². The van der Waals surface area contributed by atoms with Crippen molar-refractivity contribution in [1.82, 2.24) is 4.57 Å². The molecule has 1 aromatic heterocycles. The maximum atomic E-state index is 3.15. The zero-order chi connectivity index (χ0) is 7.84. The van der Waals surface area contributed by atoms with Crippen molar-refractivity contribution in [3.8, 4) is 0 Å². The van der Waals surface area contributed by atoms with E-state index in [1.807, 2.05) is 35.4 Å². The topological polar surface area (TPSA) is 8.81 Å². The van der Waals surface area contributed by atoms with Crippen LogP contribution in [0.25, 0.3) is 11.0 Å². The molecule has 0 unspecified atom stereocenters. The minimum atomic E-state index is 0. The zero-order valence-electron chi connectivity index (χ0n) is 7.41. The fraction of sp³-hybridized carbons (Fsp3) is 0.222. The average molecular weight is 413 g/mol. The van der Waals surface area contributed by atoms with Gasteiger partial charge in [-0.2, -0.15) is 0 Å². The van der Waals surface area contributed by atoms with E-state index in [9.17, 15) is 0 Å². The molecule has 0 saturated heterocycles. The molecule has 0 N–H and O–H groups in total. The Labute approximate surface area is 65.7 Å². The van der Waals surface area contributed by atoms with Gasteiger partial charge in [0.1, 0.15) is 0 Å². The third-order valence-electron chi connectivity index (χ3n) is 1.90. The smallest absolute Gasteiger partial charge is 0.204 e. The van der Waals surface area contributed by atoms with Gasteiger partial charge in [0, 0.05) is 11.0 Å². The van der Waals surface area contributed by atoms with E-state index in [0.717, 1.165) is 0 Å². The first kappa shape index (κ1) is 7.79. The van der Waals surface area contributed by atoms with Gasteiger partial charge in [-0.3, -0.25) is 0 Å². The van der Waals surface area contributed by atoms with Crippen molar-refractivity contribution in [2.45, 2.75) is 0 Å². The van der Waals surface area contributed by atoms with Crippen molar-refractivity contribution in [2.24, 2.45) is 14.1 Å². The van der Waals surface area contributed by atoms with Crippen molar-refractivity contribution < 1.29 is 4.57 Å². The first-order valence-corrected chi connectivity index (χ1v) is 3.62. The molecule has 1 heterocycles. The minimum absolute atomic E-state index is 0. The van der Waals surface area contributed by atoms with E-state index < -0.39 is 0 Å². The Morgan fingerprint density at radius 3 is 2.67 bits per heavy atom. The number of para-hydroxylation sites is 2. The van der Waals surface area contributed by atoms with E-state index in [0.29, 0.717) is 0 Å². The molecule has 0 aliphatic heterocycles. The van der Waals surface area contributed by atoms with Crippen LogP contribution in [0.2, 0.25) is 0 Å². The standard InChI is InChI=1S/C9H10N2.Rf/c1-10-7-11(2)9-6-4-3-5-8(9)10;/h3-6H,1-2H3;. The second-order valence-electron chi connectivity index (χ2n) is 2.71. The first-order chi connectivity index (χ1) is 5.29. The number of aromatic nitrogens is 2. The summed E-state index contributed by atoms with van der Waals surface area (Å²) in [6.07, 6.45) is 3.15. The molecule has 0 fully saturated rings. The molecule has 2 aromatic rings. The number of hydrogen-bond donors (Lipinski definition) is 0. The summed E-state index contributed by atoms with van der Waals surface area (Å²) in [7, 11) is 4.00. The summed E-state index contributed by atoms with van der Waals surface area (Å²) in [6.45, 7) is 0. The second-order valence-corrected chi connectivity index (χ2v) is 2.71. The van der Waals surface area contributed by atoms with E-state index in [1.54, 1.807) is 0 Å². The van der Waals surface area contributed by atoms with Gasteiger partial charge in [-0.15, -0.1) is 0 Å². The third-order valence-corrected chi connectivity index (χ3v) is 1.90. The summed E-state index contributed by atoms with van der Waals surface area (Å²) in [5.41, 5.74) is 2.44. The molecular formula is C9H10N2Rf. The van der Waals surface area contributed by atoms with Crippen LogP contribution >= 0.6 is 0 Å². The largest absolute Gasteiger partial charge is 0.347 e. The summed E-state index contributed by atoms with van der Waals surface area (Å²) in [5.74, 6) is 0. The van der Waals surface area contributed by atoms with Gasteiger partial charge in [-0.05, 0) is 0 Å². The molecule has 2 nitrogen and oxygen atoms in total. The Morgan fingerprint density at radius 1 is 1.33 bits per heavy atom. The van der Waals surface area contributed by atoms with Gasteiger partial charge >= 0.3 is 0 Å². The van der Waals surface area contributed by atoms with Crippen LogP contribution in [-0.4, -0.2) is 4.57 Å². The van der Waals surface area contributed by atoms with Crippen LogP contribution in [0.4, 0.5) is 0 Å². The molecule has 0 bridgehead atoms. The van der Waals surface area contributed by atoms with Gasteiger partial charge in [-0.25, -0.2) is 0 Å². The number of fused-ring (bicyclic) bond motifs is 1. The molecule has 0 spiro atoms. The summed E-state index contributed by atoms with van der Waals surface area (Å²) < 4.78 is 3.99. The van der Waals surface area contributed by atoms with Crippen molar-refractivity contribution in [3.63, 3.8) is 0 Å². The van der Waals surface area contributed by atoms with Crippen LogP contribution < -0.4 is 4.57 Å². The summed E-state index contributed by atoms with van der Waals surface area (Å²) in [4.78, 5) is 0. The second kappa shape index (κ2) is 2.38. The zero-order valence-corrected chi connectivity index (χ0v) is 13.8. The predicted molar refractivity (Wildman–Crippen MR) is 42.9 cm³/mol. The Hall–Kier alpha value is -2.31. The van der Waals surface area contributed by atoms with E-state index in [-0.39, 0.29) is 0 Å². The molecule has 0 aliphatic carbocycles. The van der Waals surface area contributed by atoms with Gasteiger partial charge < -0.3 is 9.13 Å². The molecule has 2 rings (SSSR count). The summed E-state index contributed by atoms with van der Waals surface area (Å²) >= 11 is 0. The number of hydrogen-bond acceptors (Lipinski definition) is 0. The van der Waals surface area contributed by atoms with E-state index >= 15 is 0 Å². The van der Waals surface area contributed by atoms with Gasteiger partial charge in [0.15, 0.2) is 0 Å². The SMILES string of the molecule is Cn1[c-][n+](C)c2ccccc21.[Rf]. The Morgan fingerprint density at radius 2 is 2.00 bits per heavy atom. The monoisotopic (exact) mass is 413 g/mol. The molecule has 0 atom stereocenters. The summed E-state index contributed by atoms with van der Waals surface area (Å²) in [5, 5.41) is 0. The van der Waals surface area contributed by atoms with Gasteiger partial charge in [-0.1, -0.05) is 24.3 Å².